The number of carbonyl (C=O) groups excluding carboxylic acids is 2. The zero-order chi connectivity index (χ0) is 28.1. The monoisotopic (exact) mass is 530 g/mol. The second-order valence-corrected chi connectivity index (χ2v) is 11.1. The molecule has 0 fully saturated rings. The molecule has 2 amide bonds. The van der Waals surface area contributed by atoms with E-state index in [0.29, 0.717) is 62.8 Å². The van der Waals surface area contributed by atoms with E-state index in [-0.39, 0.29) is 29.7 Å². The summed E-state index contributed by atoms with van der Waals surface area (Å²) in [5.41, 5.74) is 1.16. The second-order valence-electron chi connectivity index (χ2n) is 11.1. The lowest BCUT2D eigenvalue weighted by molar-refractivity contribution is -0.141. The molecular weight excluding hydrogens is 484 g/mol. The highest BCUT2D eigenvalue weighted by molar-refractivity contribution is 5.85. The lowest BCUT2D eigenvalue weighted by atomic mass is 9.84. The van der Waals surface area contributed by atoms with Crippen molar-refractivity contribution in [1.82, 2.24) is 9.80 Å². The Labute approximate surface area is 228 Å². The van der Waals surface area contributed by atoms with E-state index in [1.807, 2.05) is 30.3 Å². The van der Waals surface area contributed by atoms with Crippen molar-refractivity contribution in [3.8, 4) is 11.5 Å². The Hall–Kier alpha value is -3.00. The van der Waals surface area contributed by atoms with Crippen LogP contribution in [0.15, 0.2) is 41.0 Å². The average molecular weight is 531 g/mol. The fourth-order valence-electron chi connectivity index (χ4n) is 4.68. The first-order valence-electron chi connectivity index (χ1n) is 13.3. The van der Waals surface area contributed by atoms with Gasteiger partial charge >= 0.3 is 0 Å². The van der Waals surface area contributed by atoms with Gasteiger partial charge in [0, 0.05) is 33.2 Å². The van der Waals surface area contributed by atoms with Gasteiger partial charge in [0.25, 0.3) is 0 Å². The molecule has 8 nitrogen and oxygen atoms in total. The molecule has 8 heteroatoms. The van der Waals surface area contributed by atoms with Crippen molar-refractivity contribution in [2.45, 2.75) is 59.9 Å². The molecule has 1 aromatic carbocycles. The molecular formula is C30H46N2O6. The first kappa shape index (κ1) is 31.2. The molecule has 0 aliphatic heterocycles. The lowest BCUT2D eigenvalue weighted by Gasteiger charge is -2.29. The van der Waals surface area contributed by atoms with Crippen molar-refractivity contribution < 1.29 is 28.2 Å². The van der Waals surface area contributed by atoms with Crippen molar-refractivity contribution in [1.29, 1.82) is 0 Å². The zero-order valence-corrected chi connectivity index (χ0v) is 24.2. The molecule has 2 rings (SSSR count). The average Bonchev–Trinajstić information content (AvgIpc) is 3.37. The van der Waals surface area contributed by atoms with Gasteiger partial charge in [0.15, 0.2) is 11.5 Å². The highest BCUT2D eigenvalue weighted by atomic mass is 16.5. The van der Waals surface area contributed by atoms with Crippen LogP contribution in [-0.2, 0) is 27.3 Å². The quantitative estimate of drug-likeness (QED) is 0.278. The van der Waals surface area contributed by atoms with E-state index in [9.17, 15) is 9.59 Å². The summed E-state index contributed by atoms with van der Waals surface area (Å²) in [6, 6.07) is 9.41. The number of furan rings is 1. The van der Waals surface area contributed by atoms with Crippen LogP contribution in [0.1, 0.15) is 58.3 Å². The molecule has 0 saturated carbocycles. The van der Waals surface area contributed by atoms with Crippen molar-refractivity contribution >= 4 is 11.8 Å². The van der Waals surface area contributed by atoms with Gasteiger partial charge in [-0.2, -0.15) is 0 Å². The maximum atomic E-state index is 13.6. The normalized spacial score (nSPS) is 12.2. The highest BCUT2D eigenvalue weighted by Gasteiger charge is 2.25. The number of methoxy groups -OCH3 is 3. The van der Waals surface area contributed by atoms with Crippen molar-refractivity contribution in [3.63, 3.8) is 0 Å². The summed E-state index contributed by atoms with van der Waals surface area (Å²) in [5.74, 6) is 2.12. The zero-order valence-electron chi connectivity index (χ0n) is 24.2. The molecule has 1 aromatic heterocycles. The van der Waals surface area contributed by atoms with Crippen LogP contribution in [-0.4, -0.2) is 69.2 Å². The SMILES string of the molecule is COCCCN(CC(=O)N(CCc1ccc(OC)c(OC)c1)Cc1ccco1)C(=O)C[C@H](C)CC(C)(C)C. The largest absolute Gasteiger partial charge is 0.493 e. The molecule has 2 aromatic rings. The first-order chi connectivity index (χ1) is 18.1. The van der Waals surface area contributed by atoms with E-state index in [4.69, 9.17) is 18.6 Å². The summed E-state index contributed by atoms with van der Waals surface area (Å²) in [6.07, 6.45) is 4.25. The fourth-order valence-corrected chi connectivity index (χ4v) is 4.68. The van der Waals surface area contributed by atoms with Crippen LogP contribution in [0.25, 0.3) is 0 Å². The third-order valence-corrected chi connectivity index (χ3v) is 6.34. The summed E-state index contributed by atoms with van der Waals surface area (Å²) in [4.78, 5) is 30.3. The number of benzene rings is 1. The van der Waals surface area contributed by atoms with Crippen LogP contribution in [0, 0.1) is 11.3 Å². The van der Waals surface area contributed by atoms with Crippen LogP contribution in [0.5, 0.6) is 11.5 Å². The lowest BCUT2D eigenvalue weighted by Crippen LogP contribution is -2.44. The van der Waals surface area contributed by atoms with Crippen LogP contribution < -0.4 is 9.47 Å². The molecule has 0 radical (unpaired) electrons. The molecule has 0 aliphatic rings. The third-order valence-electron chi connectivity index (χ3n) is 6.34. The van der Waals surface area contributed by atoms with Gasteiger partial charge < -0.3 is 28.4 Å². The first-order valence-corrected chi connectivity index (χ1v) is 13.3. The summed E-state index contributed by atoms with van der Waals surface area (Å²) in [7, 11) is 4.85. The van der Waals surface area contributed by atoms with Crippen LogP contribution >= 0.6 is 0 Å². The minimum Gasteiger partial charge on any atom is -0.493 e. The number of ether oxygens (including phenoxy) is 3. The fraction of sp³-hybridized carbons (Fsp3) is 0.600. The number of hydrogen-bond donors (Lipinski definition) is 0. The van der Waals surface area contributed by atoms with Gasteiger partial charge in [0.1, 0.15) is 5.76 Å². The van der Waals surface area contributed by atoms with Gasteiger partial charge in [0.2, 0.25) is 11.8 Å². The molecule has 0 unspecified atom stereocenters. The summed E-state index contributed by atoms with van der Waals surface area (Å²) >= 11 is 0. The van der Waals surface area contributed by atoms with Crippen LogP contribution in [0.3, 0.4) is 0 Å². The van der Waals surface area contributed by atoms with Gasteiger partial charge in [-0.25, -0.2) is 0 Å². The van der Waals surface area contributed by atoms with Gasteiger partial charge in [-0.3, -0.25) is 9.59 Å². The molecule has 1 atom stereocenters. The Balaban J connectivity index is 2.15. The summed E-state index contributed by atoms with van der Waals surface area (Å²) < 4.78 is 21.5. The topological polar surface area (TPSA) is 81.5 Å². The Kier molecular flexibility index (Phi) is 12.7. The summed E-state index contributed by atoms with van der Waals surface area (Å²) in [5, 5.41) is 0. The standard InChI is InChI=1S/C30H46N2O6/c1-23(20-30(2,3)4)18-28(33)31(14-9-16-35-5)22-29(34)32(21-25-10-8-17-38-25)15-13-24-11-12-26(36-6)27(19-24)37-7/h8,10-12,17,19,23H,9,13-16,18,20-22H2,1-7H3/t23-/m0/s1. The van der Waals surface area contributed by atoms with Crippen LogP contribution in [0.4, 0.5) is 0 Å². The van der Waals surface area contributed by atoms with Gasteiger partial charge in [0.05, 0.1) is 33.6 Å². The number of carbonyl (C=O) groups is 2. The molecule has 0 saturated heterocycles. The predicted octanol–water partition coefficient (Wildman–Crippen LogP) is 5.20. The Morgan fingerprint density at radius 3 is 2.32 bits per heavy atom. The summed E-state index contributed by atoms with van der Waals surface area (Å²) in [6.45, 7) is 10.5. The number of hydrogen-bond acceptors (Lipinski definition) is 6. The third kappa shape index (κ3) is 10.8. The Morgan fingerprint density at radius 2 is 1.71 bits per heavy atom. The molecule has 212 valence electrons. The predicted molar refractivity (Wildman–Crippen MR) is 148 cm³/mol. The van der Waals surface area contributed by atoms with Crippen molar-refractivity contribution in [3.05, 3.63) is 47.9 Å². The number of nitrogens with zero attached hydrogens (tertiary/aromatic N) is 2. The van der Waals surface area contributed by atoms with E-state index < -0.39 is 0 Å². The van der Waals surface area contributed by atoms with Gasteiger partial charge in [-0.15, -0.1) is 0 Å². The van der Waals surface area contributed by atoms with E-state index >= 15 is 0 Å². The molecule has 0 N–H and O–H groups in total. The second kappa shape index (κ2) is 15.4. The Morgan fingerprint density at radius 1 is 0.974 bits per heavy atom. The Bertz CT molecular complexity index is 983. The van der Waals surface area contributed by atoms with E-state index in [2.05, 4.69) is 27.7 Å². The minimum absolute atomic E-state index is 0.00374. The maximum Gasteiger partial charge on any atom is 0.242 e. The molecule has 0 aliphatic carbocycles. The number of amides is 2. The number of rotatable bonds is 16. The minimum atomic E-state index is -0.115. The molecule has 1 heterocycles. The molecule has 38 heavy (non-hydrogen) atoms. The van der Waals surface area contributed by atoms with Gasteiger partial charge in [-0.1, -0.05) is 33.8 Å². The smallest absolute Gasteiger partial charge is 0.242 e. The molecule has 0 spiro atoms. The highest BCUT2D eigenvalue weighted by Crippen LogP contribution is 2.28. The molecule has 0 bridgehead atoms. The van der Waals surface area contributed by atoms with E-state index in [0.717, 1.165) is 12.0 Å². The van der Waals surface area contributed by atoms with Gasteiger partial charge in [-0.05, 0) is 60.4 Å². The maximum absolute atomic E-state index is 13.6. The van der Waals surface area contributed by atoms with E-state index in [1.54, 1.807) is 37.4 Å². The van der Waals surface area contributed by atoms with Crippen LogP contribution in [0.2, 0.25) is 0 Å². The van der Waals surface area contributed by atoms with Crippen molar-refractivity contribution in [2.75, 3.05) is 47.6 Å². The van der Waals surface area contributed by atoms with Crippen molar-refractivity contribution in [2.24, 2.45) is 11.3 Å². The van der Waals surface area contributed by atoms with E-state index in [1.165, 1.54) is 0 Å².